The number of nitrogens with zero attached hydrogens (tertiary/aromatic N) is 2. The van der Waals surface area contributed by atoms with E-state index in [4.69, 9.17) is 4.74 Å². The van der Waals surface area contributed by atoms with Gasteiger partial charge in [-0.3, -0.25) is 9.69 Å². The van der Waals surface area contributed by atoms with Crippen LogP contribution in [-0.4, -0.2) is 59.5 Å². The molecule has 0 spiro atoms. The van der Waals surface area contributed by atoms with Crippen LogP contribution in [0.15, 0.2) is 0 Å². The van der Waals surface area contributed by atoms with Gasteiger partial charge >= 0.3 is 6.09 Å². The van der Waals surface area contributed by atoms with Gasteiger partial charge in [-0.15, -0.1) is 0 Å². The first-order chi connectivity index (χ1) is 9.26. The second-order valence-corrected chi connectivity index (χ2v) is 6.96. The summed E-state index contributed by atoms with van der Waals surface area (Å²) in [6, 6.07) is 0.440. The van der Waals surface area contributed by atoms with Crippen LogP contribution < -0.4 is 0 Å². The molecule has 0 atom stereocenters. The molecule has 0 aromatic heterocycles. The Bertz CT molecular complexity index is 375. The van der Waals surface area contributed by atoms with Gasteiger partial charge in [-0.1, -0.05) is 0 Å². The molecule has 0 radical (unpaired) electrons. The third kappa shape index (κ3) is 3.72. The van der Waals surface area contributed by atoms with Crippen molar-refractivity contribution in [3.05, 3.63) is 0 Å². The molecule has 2 aliphatic heterocycles. The summed E-state index contributed by atoms with van der Waals surface area (Å²) in [5.74, 6) is 0.557. The number of Topliss-reactive ketones (excluding diaryl/α,β-unsaturated/α-hetero) is 1. The molecule has 2 aliphatic rings. The second kappa shape index (κ2) is 5.72. The smallest absolute Gasteiger partial charge is 0.410 e. The van der Waals surface area contributed by atoms with Crippen molar-refractivity contribution >= 4 is 11.9 Å². The van der Waals surface area contributed by atoms with Gasteiger partial charge < -0.3 is 9.64 Å². The summed E-state index contributed by atoms with van der Waals surface area (Å²) in [5.41, 5.74) is -0.429. The van der Waals surface area contributed by atoms with Crippen LogP contribution in [0.3, 0.4) is 0 Å². The maximum Gasteiger partial charge on any atom is 0.410 e. The number of carbonyl (C=O) groups excluding carboxylic acids is 2. The van der Waals surface area contributed by atoms with Crippen molar-refractivity contribution < 1.29 is 14.3 Å². The minimum absolute atomic E-state index is 0.215. The first-order valence-corrected chi connectivity index (χ1v) is 7.48. The maximum atomic E-state index is 11.9. The molecule has 1 amide bonds. The zero-order valence-electron chi connectivity index (χ0n) is 13.0. The van der Waals surface area contributed by atoms with Crippen molar-refractivity contribution in [2.45, 2.75) is 52.2 Å². The van der Waals surface area contributed by atoms with Crippen LogP contribution >= 0.6 is 0 Å². The molecule has 0 unspecified atom stereocenters. The van der Waals surface area contributed by atoms with Gasteiger partial charge in [-0.25, -0.2) is 4.79 Å². The predicted octanol–water partition coefficient (Wildman–Crippen LogP) is 1.91. The van der Waals surface area contributed by atoms with Crippen LogP contribution in [0.1, 0.15) is 40.5 Å². The van der Waals surface area contributed by atoms with Crippen LogP contribution in [-0.2, 0) is 9.53 Å². The molecule has 0 N–H and O–H groups in total. The number of rotatable bonds is 2. The van der Waals surface area contributed by atoms with Gasteiger partial charge in [0.05, 0.1) is 0 Å². The number of carbonyl (C=O) groups is 2. The van der Waals surface area contributed by atoms with Gasteiger partial charge in [-0.2, -0.15) is 0 Å². The van der Waals surface area contributed by atoms with Crippen LogP contribution in [0.25, 0.3) is 0 Å². The van der Waals surface area contributed by atoms with Gasteiger partial charge in [-0.05, 0) is 53.6 Å². The lowest BCUT2D eigenvalue weighted by Crippen LogP contribution is -2.62. The molecule has 20 heavy (non-hydrogen) atoms. The number of ketones is 1. The van der Waals surface area contributed by atoms with E-state index in [1.54, 1.807) is 11.8 Å². The lowest BCUT2D eigenvalue weighted by molar-refractivity contribution is -0.122. The summed E-state index contributed by atoms with van der Waals surface area (Å²) in [6.45, 7) is 10.8. The molecule has 2 rings (SSSR count). The van der Waals surface area contributed by atoms with Gasteiger partial charge in [0.25, 0.3) is 0 Å². The normalized spacial score (nSPS) is 22.5. The van der Waals surface area contributed by atoms with Crippen LogP contribution in [0.2, 0.25) is 0 Å². The van der Waals surface area contributed by atoms with Gasteiger partial charge in [0.15, 0.2) is 0 Å². The molecule has 0 saturated carbocycles. The van der Waals surface area contributed by atoms with Crippen molar-refractivity contribution in [3.63, 3.8) is 0 Å². The molecule has 0 aromatic rings. The highest BCUT2D eigenvalue weighted by atomic mass is 16.6. The largest absolute Gasteiger partial charge is 0.444 e. The van der Waals surface area contributed by atoms with E-state index in [1.165, 1.54) is 0 Å². The fraction of sp³-hybridized carbons (Fsp3) is 0.867. The number of piperidine rings is 1. The molecular formula is C15H26N2O3. The average Bonchev–Trinajstić information content (AvgIpc) is 2.25. The Balaban J connectivity index is 1.72. The Morgan fingerprint density at radius 1 is 1.10 bits per heavy atom. The molecule has 0 bridgehead atoms. The molecule has 2 fully saturated rings. The van der Waals surface area contributed by atoms with Crippen molar-refractivity contribution in [3.8, 4) is 0 Å². The van der Waals surface area contributed by atoms with E-state index in [1.807, 2.05) is 20.8 Å². The van der Waals surface area contributed by atoms with E-state index in [-0.39, 0.29) is 12.0 Å². The van der Waals surface area contributed by atoms with Crippen LogP contribution in [0.5, 0.6) is 0 Å². The summed E-state index contributed by atoms with van der Waals surface area (Å²) in [5, 5.41) is 0. The molecule has 2 saturated heterocycles. The Labute approximate surface area is 121 Å². The maximum absolute atomic E-state index is 11.9. The van der Waals surface area contributed by atoms with Crippen LogP contribution in [0, 0.1) is 5.92 Å². The summed E-state index contributed by atoms with van der Waals surface area (Å²) in [7, 11) is 0. The zero-order chi connectivity index (χ0) is 14.9. The summed E-state index contributed by atoms with van der Waals surface area (Å²) < 4.78 is 5.35. The summed E-state index contributed by atoms with van der Waals surface area (Å²) in [4.78, 5) is 27.4. The van der Waals surface area contributed by atoms with Crippen molar-refractivity contribution in [2.75, 3.05) is 26.2 Å². The van der Waals surface area contributed by atoms with Gasteiger partial charge in [0.1, 0.15) is 11.4 Å². The first-order valence-electron chi connectivity index (χ1n) is 7.48. The van der Waals surface area contributed by atoms with E-state index in [2.05, 4.69) is 4.90 Å². The van der Waals surface area contributed by atoms with E-state index in [0.717, 1.165) is 39.0 Å². The summed E-state index contributed by atoms with van der Waals surface area (Å²) in [6.07, 6.45) is 1.70. The minimum Gasteiger partial charge on any atom is -0.444 e. The fourth-order valence-electron chi connectivity index (χ4n) is 2.83. The molecule has 5 nitrogen and oxygen atoms in total. The Hall–Kier alpha value is -1.10. The topological polar surface area (TPSA) is 49.9 Å². The van der Waals surface area contributed by atoms with E-state index in [0.29, 0.717) is 11.8 Å². The molecule has 5 heteroatoms. The highest BCUT2D eigenvalue weighted by Gasteiger charge is 2.38. The van der Waals surface area contributed by atoms with Gasteiger partial charge in [0, 0.05) is 25.0 Å². The number of hydrogen-bond acceptors (Lipinski definition) is 4. The van der Waals surface area contributed by atoms with E-state index >= 15 is 0 Å². The number of ether oxygens (including phenoxy) is 1. The monoisotopic (exact) mass is 282 g/mol. The van der Waals surface area contributed by atoms with Crippen LogP contribution in [0.4, 0.5) is 4.79 Å². The second-order valence-electron chi connectivity index (χ2n) is 6.96. The Morgan fingerprint density at radius 3 is 2.10 bits per heavy atom. The lowest BCUT2D eigenvalue weighted by Gasteiger charge is -2.47. The molecule has 0 aromatic carbocycles. The zero-order valence-corrected chi connectivity index (χ0v) is 13.0. The minimum atomic E-state index is -0.429. The molecule has 114 valence electrons. The van der Waals surface area contributed by atoms with Crippen molar-refractivity contribution in [1.82, 2.24) is 9.80 Å². The molecule has 2 heterocycles. The molecular weight excluding hydrogens is 256 g/mol. The fourth-order valence-corrected chi connectivity index (χ4v) is 2.83. The number of likely N-dealkylation sites (tertiary alicyclic amines) is 2. The van der Waals surface area contributed by atoms with Crippen molar-refractivity contribution in [1.29, 1.82) is 0 Å². The first kappa shape index (κ1) is 15.3. The Kier molecular flexibility index (Phi) is 4.37. The quantitative estimate of drug-likeness (QED) is 0.776. The number of hydrogen-bond donors (Lipinski definition) is 0. The van der Waals surface area contributed by atoms with Crippen molar-refractivity contribution in [2.24, 2.45) is 5.92 Å². The third-order valence-corrected chi connectivity index (χ3v) is 4.13. The summed E-state index contributed by atoms with van der Waals surface area (Å²) >= 11 is 0. The highest BCUT2D eigenvalue weighted by Crippen LogP contribution is 2.24. The number of amides is 1. The molecule has 0 aliphatic carbocycles. The SMILES string of the molecule is CC(=O)C1CCN(C2CN(C(=O)OC(C)(C)C)C2)CC1. The average molecular weight is 282 g/mol. The predicted molar refractivity (Wildman–Crippen MR) is 76.6 cm³/mol. The standard InChI is InChI=1S/C15H26N2O3/c1-11(18)12-5-7-16(8-6-12)13-9-17(10-13)14(19)20-15(2,3)4/h12-13H,5-10H2,1-4H3. The van der Waals surface area contributed by atoms with Gasteiger partial charge in [0.2, 0.25) is 0 Å². The van der Waals surface area contributed by atoms with E-state index < -0.39 is 5.60 Å². The highest BCUT2D eigenvalue weighted by molar-refractivity contribution is 5.78. The Morgan fingerprint density at radius 2 is 1.65 bits per heavy atom. The lowest BCUT2D eigenvalue weighted by atomic mass is 9.91. The van der Waals surface area contributed by atoms with E-state index in [9.17, 15) is 9.59 Å². The third-order valence-electron chi connectivity index (χ3n) is 4.13.